The van der Waals surface area contributed by atoms with Crippen molar-refractivity contribution in [1.82, 2.24) is 20.4 Å². The maximum Gasteiger partial charge on any atom is 0.272 e. The Morgan fingerprint density at radius 2 is 2.12 bits per heavy atom. The molecule has 4 aliphatic rings. The summed E-state index contributed by atoms with van der Waals surface area (Å²) < 4.78 is 0. The largest absolute Gasteiger partial charge is 0.346 e. The smallest absolute Gasteiger partial charge is 0.272 e. The number of rotatable bonds is 3. The molecule has 1 aliphatic carbocycles. The number of amides is 1. The molecular weight excluding hydrogens is 324 g/mol. The molecule has 26 heavy (non-hydrogen) atoms. The summed E-state index contributed by atoms with van der Waals surface area (Å²) in [6.45, 7) is 3.35. The van der Waals surface area contributed by atoms with Crippen LogP contribution in [-0.4, -0.2) is 46.7 Å². The lowest BCUT2D eigenvalue weighted by atomic mass is 9.84. The van der Waals surface area contributed by atoms with Crippen molar-refractivity contribution in [3.8, 4) is 0 Å². The Morgan fingerprint density at radius 3 is 2.85 bits per heavy atom. The zero-order valence-electron chi connectivity index (χ0n) is 15.1. The highest BCUT2D eigenvalue weighted by atomic mass is 16.2. The second kappa shape index (κ2) is 6.54. The van der Waals surface area contributed by atoms with Crippen molar-refractivity contribution in [2.45, 2.75) is 44.6 Å². The molecule has 6 rings (SSSR count). The van der Waals surface area contributed by atoms with E-state index in [0.717, 1.165) is 30.3 Å². The minimum absolute atomic E-state index is 0.0372. The van der Waals surface area contributed by atoms with E-state index >= 15 is 0 Å². The third-order valence-electron chi connectivity index (χ3n) is 6.41. The summed E-state index contributed by atoms with van der Waals surface area (Å²) in [6, 6.07) is 6.60. The molecule has 5 nitrogen and oxygen atoms in total. The van der Waals surface area contributed by atoms with Crippen molar-refractivity contribution in [3.05, 3.63) is 35.5 Å². The second-order valence-electron chi connectivity index (χ2n) is 8.03. The summed E-state index contributed by atoms with van der Waals surface area (Å²) in [5, 5.41) is 11.6. The number of nitrogens with one attached hydrogen (secondary N) is 2. The third kappa shape index (κ3) is 2.84. The molecule has 1 aromatic heterocycles. The van der Waals surface area contributed by atoms with Crippen LogP contribution in [0.3, 0.4) is 0 Å². The van der Waals surface area contributed by atoms with E-state index in [1.807, 2.05) is 0 Å². The van der Waals surface area contributed by atoms with Crippen LogP contribution in [0.25, 0.3) is 16.5 Å². The molecule has 3 aliphatic heterocycles. The number of hydrogen-bond donors (Lipinski definition) is 2. The molecule has 2 aromatic rings. The van der Waals surface area contributed by atoms with Gasteiger partial charge in [0.2, 0.25) is 0 Å². The molecule has 1 atom stereocenters. The number of piperidine rings is 3. The van der Waals surface area contributed by atoms with Crippen molar-refractivity contribution in [3.63, 3.8) is 0 Å². The lowest BCUT2D eigenvalue weighted by molar-refractivity contribution is 0.0618. The molecule has 0 spiro atoms. The highest BCUT2D eigenvalue weighted by Crippen LogP contribution is 2.30. The first-order valence-electron chi connectivity index (χ1n) is 9.99. The van der Waals surface area contributed by atoms with Gasteiger partial charge in [0.25, 0.3) is 5.91 Å². The molecule has 0 radical (unpaired) electrons. The fourth-order valence-electron chi connectivity index (χ4n) is 4.85. The normalized spacial score (nSPS) is 28.2. The molecule has 2 N–H and O–H groups in total. The maximum atomic E-state index is 12.9. The van der Waals surface area contributed by atoms with Gasteiger partial charge >= 0.3 is 0 Å². The lowest BCUT2D eigenvalue weighted by Crippen LogP contribution is -2.57. The van der Waals surface area contributed by atoms with Crippen LogP contribution in [-0.2, 0) is 0 Å². The van der Waals surface area contributed by atoms with Crippen molar-refractivity contribution in [2.75, 3.05) is 19.6 Å². The predicted molar refractivity (Wildman–Crippen MR) is 103 cm³/mol. The summed E-state index contributed by atoms with van der Waals surface area (Å²) in [6.07, 6.45) is 9.57. The second-order valence-corrected chi connectivity index (χ2v) is 8.03. The fraction of sp³-hybridized carbons (Fsp3) is 0.524. The predicted octanol–water partition coefficient (Wildman–Crippen LogP) is 3.34. The minimum atomic E-state index is -0.0372. The lowest BCUT2D eigenvalue weighted by Gasteiger charge is -2.44. The molecule has 5 heteroatoms. The van der Waals surface area contributed by atoms with Gasteiger partial charge in [0.05, 0.1) is 5.52 Å². The van der Waals surface area contributed by atoms with Crippen LogP contribution in [0.2, 0.25) is 0 Å². The summed E-state index contributed by atoms with van der Waals surface area (Å²) in [7, 11) is 0. The summed E-state index contributed by atoms with van der Waals surface area (Å²) in [4.78, 5) is 15.4. The van der Waals surface area contributed by atoms with Crippen molar-refractivity contribution >= 4 is 22.4 Å². The van der Waals surface area contributed by atoms with E-state index in [2.05, 4.69) is 44.7 Å². The Kier molecular flexibility index (Phi) is 4.04. The van der Waals surface area contributed by atoms with Crippen molar-refractivity contribution in [1.29, 1.82) is 0 Å². The zero-order valence-corrected chi connectivity index (χ0v) is 15.1. The van der Waals surface area contributed by atoms with Crippen LogP contribution in [0.15, 0.2) is 24.3 Å². The molecule has 1 aromatic carbocycles. The highest BCUT2D eigenvalue weighted by Gasteiger charge is 2.35. The number of hydrogen-bond acceptors (Lipinski definition) is 3. The highest BCUT2D eigenvalue weighted by molar-refractivity contribution is 6.05. The van der Waals surface area contributed by atoms with Gasteiger partial charge in [-0.2, -0.15) is 5.10 Å². The topological polar surface area (TPSA) is 61.0 Å². The number of fused-ring (bicyclic) bond motifs is 4. The van der Waals surface area contributed by atoms with Crippen molar-refractivity contribution < 1.29 is 4.79 Å². The van der Waals surface area contributed by atoms with E-state index in [9.17, 15) is 4.79 Å². The van der Waals surface area contributed by atoms with E-state index < -0.39 is 0 Å². The summed E-state index contributed by atoms with van der Waals surface area (Å²) >= 11 is 0. The Labute approximate surface area is 153 Å². The number of allylic oxidation sites excluding steroid dienone is 2. The van der Waals surface area contributed by atoms with Gasteiger partial charge < -0.3 is 10.2 Å². The van der Waals surface area contributed by atoms with Gasteiger partial charge in [-0.25, -0.2) is 0 Å². The number of aromatic amines is 1. The van der Waals surface area contributed by atoms with Crippen molar-refractivity contribution in [2.24, 2.45) is 5.92 Å². The first kappa shape index (κ1) is 16.1. The summed E-state index contributed by atoms with van der Waals surface area (Å²) in [5.41, 5.74) is 4.11. The molecule has 1 amide bonds. The van der Waals surface area contributed by atoms with Crippen LogP contribution in [0.4, 0.5) is 0 Å². The van der Waals surface area contributed by atoms with E-state index in [1.54, 1.807) is 0 Å². The monoisotopic (exact) mass is 350 g/mol. The average molecular weight is 350 g/mol. The Morgan fingerprint density at radius 1 is 1.23 bits per heavy atom. The molecule has 0 unspecified atom stereocenters. The third-order valence-corrected chi connectivity index (χ3v) is 6.41. The van der Waals surface area contributed by atoms with Gasteiger partial charge in [0, 0.05) is 18.0 Å². The van der Waals surface area contributed by atoms with Crippen LogP contribution in [0.1, 0.15) is 54.6 Å². The molecular formula is C21H26N4O. The quantitative estimate of drug-likeness (QED) is 0.892. The molecule has 3 saturated heterocycles. The minimum Gasteiger partial charge on any atom is -0.346 e. The van der Waals surface area contributed by atoms with Crippen LogP contribution < -0.4 is 5.32 Å². The van der Waals surface area contributed by atoms with E-state index in [4.69, 9.17) is 0 Å². The van der Waals surface area contributed by atoms with Gasteiger partial charge in [0.1, 0.15) is 0 Å². The summed E-state index contributed by atoms with van der Waals surface area (Å²) in [5.74, 6) is 0.585. The number of carbonyl (C=O) groups excluding carboxylic acids is 1. The van der Waals surface area contributed by atoms with Crippen LogP contribution >= 0.6 is 0 Å². The molecule has 4 heterocycles. The number of aromatic nitrogens is 2. The Bertz CT molecular complexity index is 860. The van der Waals surface area contributed by atoms with Gasteiger partial charge in [-0.15, -0.1) is 0 Å². The first-order valence-corrected chi connectivity index (χ1v) is 9.99. The van der Waals surface area contributed by atoms with Gasteiger partial charge in [0.15, 0.2) is 5.69 Å². The van der Waals surface area contributed by atoms with Gasteiger partial charge in [-0.3, -0.25) is 9.89 Å². The Balaban J connectivity index is 1.41. The van der Waals surface area contributed by atoms with Crippen LogP contribution in [0, 0.1) is 5.92 Å². The van der Waals surface area contributed by atoms with E-state index in [1.165, 1.54) is 49.9 Å². The molecule has 3 fully saturated rings. The van der Waals surface area contributed by atoms with Gasteiger partial charge in [-0.05, 0) is 80.8 Å². The molecule has 0 saturated carbocycles. The van der Waals surface area contributed by atoms with Crippen LogP contribution in [0.5, 0.6) is 0 Å². The number of nitrogens with zero attached hydrogens (tertiary/aromatic N) is 2. The molecule has 136 valence electrons. The Hall–Kier alpha value is -2.14. The number of benzene rings is 1. The molecule has 2 bridgehead atoms. The first-order chi connectivity index (χ1) is 12.8. The number of carbonyl (C=O) groups is 1. The SMILES string of the molecule is O=C(N[C@H]1CN2CCC1CC2)c1n[nH]c2ccc(C3=CCCCC3)cc12. The fourth-order valence-corrected chi connectivity index (χ4v) is 4.85. The average Bonchev–Trinajstić information content (AvgIpc) is 3.13. The van der Waals surface area contributed by atoms with E-state index in [-0.39, 0.29) is 11.9 Å². The van der Waals surface area contributed by atoms with E-state index in [0.29, 0.717) is 11.6 Å². The van der Waals surface area contributed by atoms with Gasteiger partial charge in [-0.1, -0.05) is 12.1 Å². The maximum absolute atomic E-state index is 12.9. The number of H-pyrrole nitrogens is 1. The zero-order chi connectivity index (χ0) is 17.5. The standard InChI is InChI=1S/C21H26N4O/c26-21(22-19-13-25-10-8-15(19)9-11-25)20-17-12-16(6-7-18(17)23-24-20)14-4-2-1-3-5-14/h4,6-7,12,15,19H,1-3,5,8-11,13H2,(H,22,26)(H,23,24)/t19-/m0/s1.